The fourth-order valence-corrected chi connectivity index (χ4v) is 3.31. The number of hydrogen-bond donors (Lipinski definition) is 1. The normalized spacial score (nSPS) is 17.7. The summed E-state index contributed by atoms with van der Waals surface area (Å²) in [7, 11) is 0. The Morgan fingerprint density at radius 3 is 2.12 bits per heavy atom. The van der Waals surface area contributed by atoms with E-state index in [9.17, 15) is 35.9 Å². The SMILES string of the molecule is CC(C(=O)N1CCN(c2ccc(OC(=O)NCCC3CC3)nn2)CC1)(C(F)(F)F)C(F)(F)F. The summed E-state index contributed by atoms with van der Waals surface area (Å²) < 4.78 is 83.9. The Morgan fingerprint density at radius 1 is 1.03 bits per heavy atom. The Balaban J connectivity index is 1.53. The van der Waals surface area contributed by atoms with Crippen molar-refractivity contribution < 1.29 is 40.7 Å². The summed E-state index contributed by atoms with van der Waals surface area (Å²) in [5.74, 6) is -1.18. The minimum Gasteiger partial charge on any atom is -0.390 e. The van der Waals surface area contributed by atoms with E-state index in [1.54, 1.807) is 4.90 Å². The van der Waals surface area contributed by atoms with Crippen LogP contribution in [0.5, 0.6) is 5.88 Å². The standard InChI is InChI=1S/C19H23F6N5O3/c1-17(18(20,21)22,19(23,24)25)15(31)30-10-8-29(9-11-30)13-4-5-14(28-27-13)33-16(32)26-7-6-12-2-3-12/h4-5,12H,2-3,6-11H2,1H3,(H,26,32). The van der Waals surface area contributed by atoms with Crippen LogP contribution >= 0.6 is 0 Å². The van der Waals surface area contributed by atoms with Crippen LogP contribution in [0, 0.1) is 11.3 Å². The van der Waals surface area contributed by atoms with E-state index in [1.165, 1.54) is 12.1 Å². The monoisotopic (exact) mass is 483 g/mol. The predicted octanol–water partition coefficient (Wildman–Crippen LogP) is 3.14. The number of aromatic nitrogens is 2. The molecular formula is C19H23F6N5O3. The summed E-state index contributed by atoms with van der Waals surface area (Å²) in [4.78, 5) is 26.0. The molecule has 2 aliphatic rings. The van der Waals surface area contributed by atoms with E-state index in [0.29, 0.717) is 17.4 Å². The average Bonchev–Trinajstić information content (AvgIpc) is 3.56. The van der Waals surface area contributed by atoms with Gasteiger partial charge >= 0.3 is 18.4 Å². The molecule has 33 heavy (non-hydrogen) atoms. The summed E-state index contributed by atoms with van der Waals surface area (Å²) in [5.41, 5.74) is -4.49. The van der Waals surface area contributed by atoms with Gasteiger partial charge in [-0.25, -0.2) is 4.79 Å². The number of carbonyl (C=O) groups is 2. The molecule has 0 unspecified atom stereocenters. The van der Waals surface area contributed by atoms with Gasteiger partial charge in [0.15, 0.2) is 5.82 Å². The van der Waals surface area contributed by atoms with Gasteiger partial charge in [0.05, 0.1) is 0 Å². The Labute approximate surface area is 185 Å². The number of alkyl halides is 6. The Morgan fingerprint density at radius 2 is 1.64 bits per heavy atom. The number of nitrogens with zero attached hydrogens (tertiary/aromatic N) is 4. The van der Waals surface area contributed by atoms with Gasteiger partial charge in [-0.2, -0.15) is 26.3 Å². The quantitative estimate of drug-likeness (QED) is 0.626. The largest absolute Gasteiger partial charge is 0.413 e. The van der Waals surface area contributed by atoms with Crippen LogP contribution in [-0.4, -0.2) is 72.2 Å². The van der Waals surface area contributed by atoms with Gasteiger partial charge in [0.2, 0.25) is 17.2 Å². The Bertz CT molecular complexity index is 835. The molecule has 1 aromatic rings. The second kappa shape index (κ2) is 9.21. The molecule has 1 saturated heterocycles. The molecule has 0 aromatic carbocycles. The fraction of sp³-hybridized carbons (Fsp3) is 0.684. The van der Waals surface area contributed by atoms with Gasteiger partial charge in [0.1, 0.15) is 0 Å². The summed E-state index contributed by atoms with van der Waals surface area (Å²) in [5, 5.41) is 10.2. The van der Waals surface area contributed by atoms with Crippen LogP contribution in [0.1, 0.15) is 26.2 Å². The van der Waals surface area contributed by atoms with E-state index < -0.39 is 29.8 Å². The number of amides is 2. The molecule has 0 atom stereocenters. The topological polar surface area (TPSA) is 87.7 Å². The van der Waals surface area contributed by atoms with E-state index in [2.05, 4.69) is 15.5 Å². The third kappa shape index (κ3) is 5.58. The number of nitrogens with one attached hydrogen (secondary N) is 1. The van der Waals surface area contributed by atoms with Crippen molar-refractivity contribution in [2.45, 2.75) is 38.5 Å². The maximum absolute atomic E-state index is 13.1. The lowest BCUT2D eigenvalue weighted by molar-refractivity contribution is -0.322. The molecule has 0 radical (unpaired) electrons. The van der Waals surface area contributed by atoms with Crippen molar-refractivity contribution in [1.82, 2.24) is 20.4 Å². The second-order valence-electron chi connectivity index (χ2n) is 8.18. The lowest BCUT2D eigenvalue weighted by atomic mass is 9.86. The van der Waals surface area contributed by atoms with Crippen molar-refractivity contribution in [3.8, 4) is 5.88 Å². The van der Waals surface area contributed by atoms with Crippen LogP contribution in [0.25, 0.3) is 0 Å². The second-order valence-corrected chi connectivity index (χ2v) is 8.18. The van der Waals surface area contributed by atoms with Crippen molar-refractivity contribution in [2.75, 3.05) is 37.6 Å². The lowest BCUT2D eigenvalue weighted by Crippen LogP contribution is -2.61. The molecule has 184 valence electrons. The zero-order chi connectivity index (χ0) is 24.4. The molecule has 2 amide bonds. The fourth-order valence-electron chi connectivity index (χ4n) is 3.31. The maximum Gasteiger partial charge on any atom is 0.413 e. The highest BCUT2D eigenvalue weighted by Crippen LogP contribution is 2.51. The van der Waals surface area contributed by atoms with Gasteiger partial charge in [0.25, 0.3) is 0 Å². The number of anilines is 1. The third-order valence-electron chi connectivity index (χ3n) is 5.79. The summed E-state index contributed by atoms with van der Waals surface area (Å²) >= 11 is 0. The molecule has 0 bridgehead atoms. The van der Waals surface area contributed by atoms with E-state index in [4.69, 9.17) is 4.74 Å². The van der Waals surface area contributed by atoms with Gasteiger partial charge < -0.3 is 19.9 Å². The highest BCUT2D eigenvalue weighted by atomic mass is 19.4. The van der Waals surface area contributed by atoms with Crippen LogP contribution in [0.3, 0.4) is 0 Å². The zero-order valence-corrected chi connectivity index (χ0v) is 17.7. The van der Waals surface area contributed by atoms with Crippen molar-refractivity contribution in [3.63, 3.8) is 0 Å². The molecule has 0 spiro atoms. The molecule has 14 heteroatoms. The van der Waals surface area contributed by atoms with Crippen LogP contribution in [0.15, 0.2) is 12.1 Å². The molecule has 2 fully saturated rings. The minimum absolute atomic E-state index is 0.0475. The maximum atomic E-state index is 13.1. The number of rotatable bonds is 6. The number of carbonyl (C=O) groups excluding carboxylic acids is 2. The first-order valence-corrected chi connectivity index (χ1v) is 10.3. The smallest absolute Gasteiger partial charge is 0.390 e. The molecule has 1 aromatic heterocycles. The first-order valence-electron chi connectivity index (χ1n) is 10.3. The number of halogens is 6. The van der Waals surface area contributed by atoms with Gasteiger partial charge in [-0.3, -0.25) is 4.79 Å². The van der Waals surface area contributed by atoms with Crippen molar-refractivity contribution in [1.29, 1.82) is 0 Å². The van der Waals surface area contributed by atoms with E-state index in [1.807, 2.05) is 0 Å². The molecule has 1 aliphatic carbocycles. The number of piperazine rings is 1. The first kappa shape index (κ1) is 24.8. The first-order chi connectivity index (χ1) is 15.3. The highest BCUT2D eigenvalue weighted by Gasteiger charge is 2.73. The van der Waals surface area contributed by atoms with Gasteiger partial charge in [0, 0.05) is 38.8 Å². The van der Waals surface area contributed by atoms with E-state index in [0.717, 1.165) is 19.3 Å². The number of hydrogen-bond acceptors (Lipinski definition) is 6. The van der Waals surface area contributed by atoms with Crippen LogP contribution in [-0.2, 0) is 4.79 Å². The molecule has 1 N–H and O–H groups in total. The molecular weight excluding hydrogens is 460 g/mol. The summed E-state index contributed by atoms with van der Waals surface area (Å²) in [6.07, 6.45) is -9.05. The lowest BCUT2D eigenvalue weighted by Gasteiger charge is -2.41. The van der Waals surface area contributed by atoms with Gasteiger partial charge in [-0.05, 0) is 25.3 Å². The summed E-state index contributed by atoms with van der Waals surface area (Å²) in [6.45, 7) is -0.469. The van der Waals surface area contributed by atoms with Gasteiger partial charge in [-0.15, -0.1) is 10.2 Å². The van der Waals surface area contributed by atoms with Crippen molar-refractivity contribution in [3.05, 3.63) is 12.1 Å². The van der Waals surface area contributed by atoms with Gasteiger partial charge in [-0.1, -0.05) is 12.8 Å². The number of ether oxygens (including phenoxy) is 1. The average molecular weight is 483 g/mol. The Hall–Kier alpha value is -2.80. The predicted molar refractivity (Wildman–Crippen MR) is 102 cm³/mol. The highest BCUT2D eigenvalue weighted by molar-refractivity contribution is 5.84. The molecule has 1 saturated carbocycles. The van der Waals surface area contributed by atoms with Crippen molar-refractivity contribution >= 4 is 17.8 Å². The molecule has 8 nitrogen and oxygen atoms in total. The third-order valence-corrected chi connectivity index (χ3v) is 5.79. The molecule has 1 aliphatic heterocycles. The zero-order valence-electron chi connectivity index (χ0n) is 17.7. The van der Waals surface area contributed by atoms with Crippen LogP contribution < -0.4 is 15.0 Å². The minimum atomic E-state index is -5.79. The Kier molecular flexibility index (Phi) is 6.93. The molecule has 3 rings (SSSR count). The van der Waals surface area contributed by atoms with E-state index >= 15 is 0 Å². The van der Waals surface area contributed by atoms with Crippen LogP contribution in [0.4, 0.5) is 37.0 Å². The van der Waals surface area contributed by atoms with Crippen LogP contribution in [0.2, 0.25) is 0 Å². The summed E-state index contributed by atoms with van der Waals surface area (Å²) in [6, 6.07) is 2.82. The molecule has 2 heterocycles. The van der Waals surface area contributed by atoms with E-state index in [-0.39, 0.29) is 44.8 Å². The van der Waals surface area contributed by atoms with Crippen molar-refractivity contribution in [2.24, 2.45) is 11.3 Å².